The molecule has 1 atom stereocenters. The molecule has 1 nitrogen and oxygen atoms in total. The Morgan fingerprint density at radius 2 is 1.95 bits per heavy atom. The second-order valence-corrected chi connectivity index (χ2v) is 8.43. The largest absolute Gasteiger partial charge is 0.310 e. The molecular weight excluding hydrogens is 457 g/mol. The molecule has 114 valence electrons. The van der Waals surface area contributed by atoms with Crippen molar-refractivity contribution >= 4 is 49.9 Å². The van der Waals surface area contributed by atoms with Crippen LogP contribution in [-0.2, 0) is 12.8 Å². The lowest BCUT2D eigenvalue weighted by molar-refractivity contribution is 0.530. The normalized spacial score (nSPS) is 12.6. The fraction of sp³-hybridized carbons (Fsp3) is 0.412. The van der Waals surface area contributed by atoms with Crippen LogP contribution in [0.1, 0.15) is 41.6 Å². The van der Waals surface area contributed by atoms with Crippen molar-refractivity contribution in [2.75, 3.05) is 6.54 Å². The van der Waals surface area contributed by atoms with Crippen molar-refractivity contribution in [3.8, 4) is 0 Å². The van der Waals surface area contributed by atoms with E-state index in [1.807, 2.05) is 11.3 Å². The minimum atomic E-state index is 0.387. The Bertz CT molecular complexity index is 582. The van der Waals surface area contributed by atoms with E-state index in [9.17, 15) is 0 Å². The Labute approximate surface area is 153 Å². The molecule has 0 aliphatic rings. The highest BCUT2D eigenvalue weighted by Gasteiger charge is 2.16. The summed E-state index contributed by atoms with van der Waals surface area (Å²) in [5, 5.41) is 3.71. The van der Waals surface area contributed by atoms with E-state index in [1.165, 1.54) is 18.9 Å². The molecular formula is C17H21BrINS. The monoisotopic (exact) mass is 477 g/mol. The van der Waals surface area contributed by atoms with E-state index >= 15 is 0 Å². The van der Waals surface area contributed by atoms with Crippen molar-refractivity contribution in [3.63, 3.8) is 0 Å². The summed E-state index contributed by atoms with van der Waals surface area (Å²) >= 11 is 7.99. The van der Waals surface area contributed by atoms with E-state index in [0.29, 0.717) is 6.04 Å². The number of nitrogens with one attached hydrogen (secondary N) is 1. The van der Waals surface area contributed by atoms with Gasteiger partial charge < -0.3 is 5.32 Å². The van der Waals surface area contributed by atoms with Crippen molar-refractivity contribution in [2.24, 2.45) is 0 Å². The van der Waals surface area contributed by atoms with Crippen molar-refractivity contribution in [3.05, 3.63) is 53.7 Å². The van der Waals surface area contributed by atoms with Gasteiger partial charge in [0.25, 0.3) is 0 Å². The molecule has 0 saturated carbocycles. The third kappa shape index (κ3) is 5.05. The van der Waals surface area contributed by atoms with E-state index in [0.717, 1.165) is 30.3 Å². The first-order valence-corrected chi connectivity index (χ1v) is 10.1. The molecule has 0 aliphatic carbocycles. The maximum Gasteiger partial charge on any atom is 0.0379 e. The molecule has 1 unspecified atom stereocenters. The standard InChI is InChI=1S/C17H21BrINS/c1-3-9-20-17(11-14-7-6-13(4-2)21-14)15-10-12(18)5-8-16(15)19/h5-8,10,17,20H,3-4,9,11H2,1-2H3. The zero-order chi connectivity index (χ0) is 15.2. The van der Waals surface area contributed by atoms with Gasteiger partial charge in [0, 0.05) is 30.3 Å². The molecule has 1 aromatic heterocycles. The summed E-state index contributed by atoms with van der Waals surface area (Å²) in [7, 11) is 0. The van der Waals surface area contributed by atoms with E-state index in [4.69, 9.17) is 0 Å². The first kappa shape index (κ1) is 17.4. The summed E-state index contributed by atoms with van der Waals surface area (Å²) < 4.78 is 2.48. The number of hydrogen-bond donors (Lipinski definition) is 1. The summed E-state index contributed by atoms with van der Waals surface area (Å²) in [6.07, 6.45) is 3.36. The van der Waals surface area contributed by atoms with Gasteiger partial charge in [0.15, 0.2) is 0 Å². The van der Waals surface area contributed by atoms with Gasteiger partial charge in [0.05, 0.1) is 0 Å². The lowest BCUT2D eigenvalue weighted by Gasteiger charge is -2.20. The van der Waals surface area contributed by atoms with Crippen LogP contribution in [0.2, 0.25) is 0 Å². The third-order valence-corrected chi connectivity index (χ3v) is 6.17. The van der Waals surface area contributed by atoms with Gasteiger partial charge in [-0.2, -0.15) is 0 Å². The maximum atomic E-state index is 3.71. The highest BCUT2D eigenvalue weighted by Crippen LogP contribution is 2.29. The molecule has 1 N–H and O–H groups in total. The summed E-state index contributed by atoms with van der Waals surface area (Å²) in [6.45, 7) is 5.50. The number of aryl methyl sites for hydroxylation is 1. The van der Waals surface area contributed by atoms with Crippen LogP contribution in [-0.4, -0.2) is 6.54 Å². The SMILES string of the molecule is CCCNC(Cc1ccc(CC)s1)c1cc(Br)ccc1I. The summed E-state index contributed by atoms with van der Waals surface area (Å²) in [5.41, 5.74) is 1.39. The molecule has 0 fully saturated rings. The Balaban J connectivity index is 2.22. The minimum absolute atomic E-state index is 0.387. The van der Waals surface area contributed by atoms with Crippen LogP contribution in [0.5, 0.6) is 0 Å². The first-order chi connectivity index (χ1) is 10.1. The molecule has 0 aliphatic heterocycles. The van der Waals surface area contributed by atoms with Gasteiger partial charge in [-0.25, -0.2) is 0 Å². The number of thiophene rings is 1. The van der Waals surface area contributed by atoms with Gasteiger partial charge in [-0.1, -0.05) is 29.8 Å². The Morgan fingerprint density at radius 3 is 2.62 bits per heavy atom. The van der Waals surface area contributed by atoms with Gasteiger partial charge in [0.1, 0.15) is 0 Å². The average Bonchev–Trinajstić information content (AvgIpc) is 2.94. The Hall–Kier alpha value is 0.0900. The van der Waals surface area contributed by atoms with Crippen molar-refractivity contribution in [1.82, 2.24) is 5.32 Å². The number of rotatable bonds is 7. The number of benzene rings is 1. The molecule has 0 saturated heterocycles. The fourth-order valence-electron chi connectivity index (χ4n) is 2.32. The van der Waals surface area contributed by atoms with Crippen LogP contribution in [0.25, 0.3) is 0 Å². The number of halogens is 2. The smallest absolute Gasteiger partial charge is 0.0379 e. The average molecular weight is 478 g/mol. The van der Waals surface area contributed by atoms with Crippen LogP contribution in [0.4, 0.5) is 0 Å². The summed E-state index contributed by atoms with van der Waals surface area (Å²) in [4.78, 5) is 2.94. The van der Waals surface area contributed by atoms with Crippen LogP contribution < -0.4 is 5.32 Å². The molecule has 0 amide bonds. The van der Waals surface area contributed by atoms with Crippen molar-refractivity contribution < 1.29 is 0 Å². The van der Waals surface area contributed by atoms with E-state index < -0.39 is 0 Å². The second kappa shape index (κ2) is 8.65. The lowest BCUT2D eigenvalue weighted by Crippen LogP contribution is -2.24. The van der Waals surface area contributed by atoms with E-state index in [1.54, 1.807) is 0 Å². The van der Waals surface area contributed by atoms with Crippen LogP contribution in [0.15, 0.2) is 34.8 Å². The molecule has 1 heterocycles. The lowest BCUT2D eigenvalue weighted by atomic mass is 10.0. The number of hydrogen-bond acceptors (Lipinski definition) is 2. The van der Waals surface area contributed by atoms with Gasteiger partial charge in [-0.05, 0) is 77.9 Å². The fourth-order valence-corrected chi connectivity index (χ4v) is 4.41. The molecule has 1 aromatic carbocycles. The third-order valence-electron chi connectivity index (χ3n) is 3.45. The van der Waals surface area contributed by atoms with Crippen molar-refractivity contribution in [1.29, 1.82) is 0 Å². The van der Waals surface area contributed by atoms with Crippen molar-refractivity contribution in [2.45, 2.75) is 39.2 Å². The molecule has 0 bridgehead atoms. The van der Waals surface area contributed by atoms with Gasteiger partial charge >= 0.3 is 0 Å². The molecule has 2 rings (SSSR count). The van der Waals surface area contributed by atoms with Crippen LogP contribution in [0.3, 0.4) is 0 Å². The maximum absolute atomic E-state index is 3.71. The zero-order valence-electron chi connectivity index (χ0n) is 12.5. The molecule has 0 radical (unpaired) electrons. The minimum Gasteiger partial charge on any atom is -0.310 e. The molecule has 4 heteroatoms. The quantitative estimate of drug-likeness (QED) is 0.485. The summed E-state index contributed by atoms with van der Waals surface area (Å²) in [6, 6.07) is 11.5. The predicted octanol–water partition coefficient (Wildman–Crippen LogP) is 5.96. The highest BCUT2D eigenvalue weighted by molar-refractivity contribution is 14.1. The van der Waals surface area contributed by atoms with Gasteiger partial charge in [-0.15, -0.1) is 11.3 Å². The molecule has 0 spiro atoms. The van der Waals surface area contributed by atoms with E-state index in [2.05, 4.69) is 88.0 Å². The Kier molecular flexibility index (Phi) is 7.19. The highest BCUT2D eigenvalue weighted by atomic mass is 127. The van der Waals surface area contributed by atoms with Gasteiger partial charge in [0.2, 0.25) is 0 Å². The first-order valence-electron chi connectivity index (χ1n) is 7.40. The predicted molar refractivity (Wildman–Crippen MR) is 105 cm³/mol. The van der Waals surface area contributed by atoms with Crippen LogP contribution in [0, 0.1) is 3.57 Å². The van der Waals surface area contributed by atoms with E-state index in [-0.39, 0.29) is 0 Å². The Morgan fingerprint density at radius 1 is 1.19 bits per heavy atom. The van der Waals surface area contributed by atoms with Gasteiger partial charge in [-0.3, -0.25) is 0 Å². The summed E-state index contributed by atoms with van der Waals surface area (Å²) in [5.74, 6) is 0. The second-order valence-electron chi connectivity index (χ2n) is 5.10. The topological polar surface area (TPSA) is 12.0 Å². The van der Waals surface area contributed by atoms with Crippen LogP contribution >= 0.6 is 49.9 Å². The molecule has 21 heavy (non-hydrogen) atoms. The zero-order valence-corrected chi connectivity index (χ0v) is 17.0. The molecule has 2 aromatic rings.